The summed E-state index contributed by atoms with van der Waals surface area (Å²) in [5.74, 6) is 0.717. The number of hydrogen-bond acceptors (Lipinski definition) is 2. The van der Waals surface area contributed by atoms with E-state index in [0.717, 1.165) is 48.4 Å². The van der Waals surface area contributed by atoms with Crippen LogP contribution in [0.15, 0.2) is 42.6 Å². The van der Waals surface area contributed by atoms with Gasteiger partial charge in [-0.3, -0.25) is 4.98 Å². The number of benzene rings is 1. The van der Waals surface area contributed by atoms with Crippen molar-refractivity contribution in [1.29, 1.82) is 0 Å². The second kappa shape index (κ2) is 9.21. The molecule has 0 unspecified atom stereocenters. The van der Waals surface area contributed by atoms with E-state index in [0.29, 0.717) is 5.92 Å². The molecule has 0 saturated carbocycles. The van der Waals surface area contributed by atoms with Gasteiger partial charge in [-0.15, -0.1) is 0 Å². The highest BCUT2D eigenvalue weighted by Crippen LogP contribution is 2.25. The Kier molecular flexibility index (Phi) is 6.99. The number of pyridine rings is 1. The summed E-state index contributed by atoms with van der Waals surface area (Å²) >= 11 is 0. The van der Waals surface area contributed by atoms with Crippen LogP contribution < -0.4 is 5.32 Å². The Hall–Kier alpha value is -2.36. The fraction of sp³-hybridized carbons (Fsp3) is 0.429. The van der Waals surface area contributed by atoms with Crippen LogP contribution in [0.25, 0.3) is 11.3 Å². The zero-order valence-electron chi connectivity index (χ0n) is 15.7. The molecule has 25 heavy (non-hydrogen) atoms. The zero-order valence-corrected chi connectivity index (χ0v) is 15.7. The van der Waals surface area contributed by atoms with Gasteiger partial charge in [0.05, 0.1) is 5.69 Å². The maximum Gasteiger partial charge on any atom is 0.321 e. The predicted octanol–water partition coefficient (Wildman–Crippen LogP) is 5.35. The van der Waals surface area contributed by atoms with Crippen molar-refractivity contribution in [2.24, 2.45) is 5.92 Å². The number of urea groups is 1. The number of nitrogens with zero attached hydrogens (tertiary/aromatic N) is 2. The number of anilines is 1. The molecule has 0 radical (unpaired) electrons. The summed E-state index contributed by atoms with van der Waals surface area (Å²) in [4.78, 5) is 18.7. The molecule has 4 heteroatoms. The molecule has 0 bridgehead atoms. The van der Waals surface area contributed by atoms with Gasteiger partial charge in [0.15, 0.2) is 0 Å². The zero-order chi connectivity index (χ0) is 18.2. The molecule has 2 heterocycles. The van der Waals surface area contributed by atoms with E-state index in [1.807, 2.05) is 55.1 Å². The maximum absolute atomic E-state index is 12.4. The minimum Gasteiger partial charge on any atom is -0.325 e. The van der Waals surface area contributed by atoms with E-state index in [4.69, 9.17) is 0 Å². The smallest absolute Gasteiger partial charge is 0.321 e. The Bertz CT molecular complexity index is 677. The number of amides is 2. The van der Waals surface area contributed by atoms with Crippen molar-refractivity contribution in [3.05, 3.63) is 48.2 Å². The quantitative estimate of drug-likeness (QED) is 0.802. The van der Waals surface area contributed by atoms with Gasteiger partial charge < -0.3 is 10.2 Å². The summed E-state index contributed by atoms with van der Waals surface area (Å²) in [6.45, 7) is 9.98. The van der Waals surface area contributed by atoms with E-state index < -0.39 is 0 Å². The second-order valence-electron chi connectivity index (χ2n) is 6.34. The fourth-order valence-corrected chi connectivity index (χ4v) is 2.91. The van der Waals surface area contributed by atoms with E-state index in [2.05, 4.69) is 24.1 Å². The molecular weight excluding hydrogens is 310 g/mol. The first-order valence-corrected chi connectivity index (χ1v) is 9.21. The van der Waals surface area contributed by atoms with Crippen molar-refractivity contribution in [2.75, 3.05) is 18.4 Å². The third-order valence-electron chi connectivity index (χ3n) is 4.50. The van der Waals surface area contributed by atoms with Crippen LogP contribution in [0.3, 0.4) is 0 Å². The maximum atomic E-state index is 12.4. The molecule has 1 aromatic carbocycles. The van der Waals surface area contributed by atoms with Crippen LogP contribution in [0.5, 0.6) is 0 Å². The van der Waals surface area contributed by atoms with Crippen molar-refractivity contribution in [1.82, 2.24) is 9.88 Å². The summed E-state index contributed by atoms with van der Waals surface area (Å²) in [7, 11) is 0. The van der Waals surface area contributed by atoms with Crippen LogP contribution in [-0.2, 0) is 0 Å². The molecule has 1 aliphatic rings. The summed E-state index contributed by atoms with van der Waals surface area (Å²) in [6, 6.07) is 11.8. The number of piperidine rings is 1. The molecule has 2 aromatic rings. The van der Waals surface area contributed by atoms with Gasteiger partial charge in [0.1, 0.15) is 0 Å². The molecule has 4 nitrogen and oxygen atoms in total. The number of aryl methyl sites for hydroxylation is 1. The summed E-state index contributed by atoms with van der Waals surface area (Å²) in [6.07, 6.45) is 3.95. The highest BCUT2D eigenvalue weighted by molar-refractivity contribution is 5.90. The predicted molar refractivity (Wildman–Crippen MR) is 105 cm³/mol. The average molecular weight is 339 g/mol. The van der Waals surface area contributed by atoms with E-state index >= 15 is 0 Å². The molecule has 1 fully saturated rings. The standard InChI is InChI=1S/C19H23N3O.C2H6/c1-14-8-11-22(12-9-14)19(23)21-16-7-6-15(2)17(13-16)18-5-3-4-10-20-18;1-2/h3-7,10,13-14H,8-9,11-12H2,1-2H3,(H,21,23);1-2H3. The molecule has 1 saturated heterocycles. The lowest BCUT2D eigenvalue weighted by Crippen LogP contribution is -2.40. The van der Waals surface area contributed by atoms with E-state index in [9.17, 15) is 4.79 Å². The van der Waals surface area contributed by atoms with Gasteiger partial charge in [-0.25, -0.2) is 4.79 Å². The molecule has 1 aromatic heterocycles. The van der Waals surface area contributed by atoms with E-state index in [1.165, 1.54) is 0 Å². The first-order valence-electron chi connectivity index (χ1n) is 9.21. The number of carbonyl (C=O) groups excluding carboxylic acids is 1. The monoisotopic (exact) mass is 339 g/mol. The number of carbonyl (C=O) groups is 1. The lowest BCUT2D eigenvalue weighted by molar-refractivity contribution is 0.186. The topological polar surface area (TPSA) is 45.2 Å². The average Bonchev–Trinajstić information content (AvgIpc) is 2.66. The van der Waals surface area contributed by atoms with Crippen LogP contribution in [0, 0.1) is 12.8 Å². The molecule has 1 N–H and O–H groups in total. The SMILES string of the molecule is CC.Cc1ccc(NC(=O)N2CCC(C)CC2)cc1-c1ccccn1. The molecule has 0 atom stereocenters. The Labute approximate surface area is 151 Å². The summed E-state index contributed by atoms with van der Waals surface area (Å²) < 4.78 is 0. The Morgan fingerprint density at radius 2 is 1.88 bits per heavy atom. The van der Waals surface area contributed by atoms with Crippen LogP contribution in [0.1, 0.15) is 39.2 Å². The molecule has 1 aliphatic heterocycles. The first kappa shape index (κ1) is 19.0. The van der Waals surface area contributed by atoms with E-state index in [-0.39, 0.29) is 6.03 Å². The van der Waals surface area contributed by atoms with Crippen LogP contribution in [-0.4, -0.2) is 29.0 Å². The summed E-state index contributed by atoms with van der Waals surface area (Å²) in [5.41, 5.74) is 3.94. The second-order valence-corrected chi connectivity index (χ2v) is 6.34. The minimum atomic E-state index is -0.00674. The molecule has 0 aliphatic carbocycles. The normalized spacial score (nSPS) is 14.5. The fourth-order valence-electron chi connectivity index (χ4n) is 2.91. The van der Waals surface area contributed by atoms with Crippen molar-refractivity contribution in [3.8, 4) is 11.3 Å². The minimum absolute atomic E-state index is 0.00674. The molecular formula is C21H29N3O. The van der Waals surface area contributed by atoms with Crippen LogP contribution >= 0.6 is 0 Å². The first-order chi connectivity index (χ1) is 12.1. The Morgan fingerprint density at radius 3 is 2.52 bits per heavy atom. The molecule has 134 valence electrons. The number of rotatable bonds is 2. The number of nitrogens with one attached hydrogen (secondary N) is 1. The van der Waals surface area contributed by atoms with Gasteiger partial charge in [-0.05, 0) is 55.5 Å². The number of likely N-dealkylation sites (tertiary alicyclic amines) is 1. The van der Waals surface area contributed by atoms with Crippen molar-refractivity contribution in [2.45, 2.75) is 40.5 Å². The highest BCUT2D eigenvalue weighted by Gasteiger charge is 2.20. The molecule has 0 spiro atoms. The Balaban J connectivity index is 0.00000109. The summed E-state index contributed by atoms with van der Waals surface area (Å²) in [5, 5.41) is 3.02. The van der Waals surface area contributed by atoms with Crippen molar-refractivity contribution < 1.29 is 4.79 Å². The highest BCUT2D eigenvalue weighted by atomic mass is 16.2. The van der Waals surface area contributed by atoms with Gasteiger partial charge in [-0.1, -0.05) is 32.9 Å². The van der Waals surface area contributed by atoms with Crippen molar-refractivity contribution in [3.63, 3.8) is 0 Å². The van der Waals surface area contributed by atoms with Crippen molar-refractivity contribution >= 4 is 11.7 Å². The van der Waals surface area contributed by atoms with Crippen LogP contribution in [0.2, 0.25) is 0 Å². The molecule has 3 rings (SSSR count). The van der Waals surface area contributed by atoms with E-state index in [1.54, 1.807) is 6.20 Å². The van der Waals surface area contributed by atoms with Gasteiger partial charge in [0, 0.05) is 30.5 Å². The van der Waals surface area contributed by atoms with Gasteiger partial charge in [0.2, 0.25) is 0 Å². The number of hydrogen-bond donors (Lipinski definition) is 1. The number of aromatic nitrogens is 1. The third kappa shape index (κ3) is 5.05. The van der Waals surface area contributed by atoms with Crippen LogP contribution in [0.4, 0.5) is 10.5 Å². The lowest BCUT2D eigenvalue weighted by Gasteiger charge is -2.30. The van der Waals surface area contributed by atoms with Gasteiger partial charge in [0.25, 0.3) is 0 Å². The lowest BCUT2D eigenvalue weighted by atomic mass is 10.00. The molecule has 2 amide bonds. The van der Waals surface area contributed by atoms with Gasteiger partial charge >= 0.3 is 6.03 Å². The largest absolute Gasteiger partial charge is 0.325 e. The van der Waals surface area contributed by atoms with Gasteiger partial charge in [-0.2, -0.15) is 0 Å². The third-order valence-corrected chi connectivity index (χ3v) is 4.50. The Morgan fingerprint density at radius 1 is 1.16 bits per heavy atom.